The van der Waals surface area contributed by atoms with Gasteiger partial charge in [-0.1, -0.05) is 13.3 Å². The minimum atomic E-state index is 0.312. The second-order valence-electron chi connectivity index (χ2n) is 5.45. The fourth-order valence-corrected chi connectivity index (χ4v) is 4.80. The fourth-order valence-electron chi connectivity index (χ4n) is 2.98. The predicted molar refractivity (Wildman–Crippen MR) is 85.8 cm³/mol. The van der Waals surface area contributed by atoms with Gasteiger partial charge in [0.25, 0.3) is 0 Å². The third kappa shape index (κ3) is 4.28. The summed E-state index contributed by atoms with van der Waals surface area (Å²) >= 11 is 5.49. The number of hydrogen-bond donors (Lipinski definition) is 2. The maximum Gasteiger partial charge on any atom is 0.0704 e. The number of halogens is 1. The molecule has 1 aliphatic carbocycles. The van der Waals surface area contributed by atoms with Crippen LogP contribution in [0.5, 0.6) is 0 Å². The quantitative estimate of drug-likeness (QED) is 0.773. The van der Waals surface area contributed by atoms with E-state index in [0.29, 0.717) is 18.6 Å². The first-order chi connectivity index (χ1) is 9.24. The van der Waals surface area contributed by atoms with E-state index in [1.807, 2.05) is 11.3 Å². The third-order valence-corrected chi connectivity index (χ3v) is 5.68. The number of thiophene rings is 1. The Morgan fingerprint density at radius 1 is 1.53 bits per heavy atom. The zero-order valence-corrected chi connectivity index (χ0v) is 14.0. The van der Waals surface area contributed by atoms with Crippen LogP contribution in [0, 0.1) is 5.92 Å². The molecule has 1 heterocycles. The van der Waals surface area contributed by atoms with Gasteiger partial charge in [0, 0.05) is 17.5 Å². The topological polar surface area (TPSA) is 32.3 Å². The minimum Gasteiger partial charge on any atom is -0.396 e. The van der Waals surface area contributed by atoms with Crippen LogP contribution in [0.3, 0.4) is 0 Å². The molecule has 0 amide bonds. The van der Waals surface area contributed by atoms with Crippen LogP contribution in [0.1, 0.15) is 55.5 Å². The molecule has 0 spiro atoms. The van der Waals surface area contributed by atoms with Crippen molar-refractivity contribution < 1.29 is 5.11 Å². The molecule has 1 aromatic rings. The summed E-state index contributed by atoms with van der Waals surface area (Å²) in [6, 6.07) is 2.81. The highest BCUT2D eigenvalue weighted by Gasteiger charge is 2.22. The average molecular weight is 346 g/mol. The van der Waals surface area contributed by atoms with Crippen molar-refractivity contribution >= 4 is 27.3 Å². The lowest BCUT2D eigenvalue weighted by Crippen LogP contribution is -2.29. The Bertz CT molecular complexity index is 387. The van der Waals surface area contributed by atoms with Gasteiger partial charge in [-0.15, -0.1) is 11.3 Å². The van der Waals surface area contributed by atoms with Crippen molar-refractivity contribution in [1.82, 2.24) is 5.32 Å². The van der Waals surface area contributed by atoms with E-state index in [9.17, 15) is 0 Å². The van der Waals surface area contributed by atoms with Gasteiger partial charge in [0.2, 0.25) is 0 Å². The normalized spacial score (nSPS) is 20.3. The van der Waals surface area contributed by atoms with Crippen molar-refractivity contribution in [2.75, 3.05) is 13.2 Å². The molecule has 19 heavy (non-hydrogen) atoms. The van der Waals surface area contributed by atoms with E-state index in [0.717, 1.165) is 13.0 Å². The van der Waals surface area contributed by atoms with E-state index in [4.69, 9.17) is 5.11 Å². The SMILES string of the molecule is CCCC(CCO)CNC1CCCc2sc(Br)cc21. The number of aryl methyl sites for hydroxylation is 1. The number of aliphatic hydroxyl groups is 1. The van der Waals surface area contributed by atoms with Gasteiger partial charge in [0.15, 0.2) is 0 Å². The van der Waals surface area contributed by atoms with Crippen molar-refractivity contribution in [2.45, 2.75) is 51.5 Å². The molecular weight excluding hydrogens is 322 g/mol. The van der Waals surface area contributed by atoms with Gasteiger partial charge in [-0.2, -0.15) is 0 Å². The maximum atomic E-state index is 9.13. The lowest BCUT2D eigenvalue weighted by molar-refractivity contribution is 0.243. The second kappa shape index (κ2) is 7.77. The van der Waals surface area contributed by atoms with E-state index in [-0.39, 0.29) is 0 Å². The number of hydrogen-bond acceptors (Lipinski definition) is 3. The molecule has 0 saturated carbocycles. The molecule has 108 valence electrons. The summed E-state index contributed by atoms with van der Waals surface area (Å²) in [5.41, 5.74) is 1.50. The second-order valence-corrected chi connectivity index (χ2v) is 7.97. The van der Waals surface area contributed by atoms with Crippen LogP contribution in [-0.2, 0) is 6.42 Å². The highest BCUT2D eigenvalue weighted by Crippen LogP contribution is 2.38. The highest BCUT2D eigenvalue weighted by molar-refractivity contribution is 9.11. The van der Waals surface area contributed by atoms with E-state index in [1.54, 1.807) is 4.88 Å². The summed E-state index contributed by atoms with van der Waals surface area (Å²) < 4.78 is 1.26. The van der Waals surface area contributed by atoms with Crippen LogP contribution >= 0.6 is 27.3 Å². The molecule has 2 nitrogen and oxygen atoms in total. The first-order valence-corrected chi connectivity index (χ1v) is 8.97. The van der Waals surface area contributed by atoms with Crippen LogP contribution < -0.4 is 5.32 Å². The van der Waals surface area contributed by atoms with Gasteiger partial charge in [0.1, 0.15) is 0 Å². The Balaban J connectivity index is 1.92. The molecule has 0 radical (unpaired) electrons. The molecule has 0 aliphatic heterocycles. The minimum absolute atomic E-state index is 0.312. The number of fused-ring (bicyclic) bond motifs is 1. The van der Waals surface area contributed by atoms with Crippen molar-refractivity contribution in [1.29, 1.82) is 0 Å². The Kier molecular flexibility index (Phi) is 6.33. The van der Waals surface area contributed by atoms with Gasteiger partial charge < -0.3 is 10.4 Å². The zero-order valence-electron chi connectivity index (χ0n) is 11.6. The van der Waals surface area contributed by atoms with E-state index in [1.165, 1.54) is 41.5 Å². The van der Waals surface area contributed by atoms with Crippen LogP contribution in [0.4, 0.5) is 0 Å². The highest BCUT2D eigenvalue weighted by atomic mass is 79.9. The molecule has 2 atom stereocenters. The maximum absolute atomic E-state index is 9.13. The fraction of sp³-hybridized carbons (Fsp3) is 0.733. The zero-order chi connectivity index (χ0) is 13.7. The summed E-state index contributed by atoms with van der Waals surface area (Å²) in [6.07, 6.45) is 7.10. The number of rotatable bonds is 7. The Morgan fingerprint density at radius 2 is 2.37 bits per heavy atom. The van der Waals surface area contributed by atoms with Crippen molar-refractivity contribution in [3.8, 4) is 0 Å². The predicted octanol–water partition coefficient (Wildman–Crippen LogP) is 4.28. The van der Waals surface area contributed by atoms with Crippen LogP contribution in [0.2, 0.25) is 0 Å². The van der Waals surface area contributed by atoms with Gasteiger partial charge in [0.05, 0.1) is 3.79 Å². The molecule has 2 N–H and O–H groups in total. The third-order valence-electron chi connectivity index (χ3n) is 3.97. The monoisotopic (exact) mass is 345 g/mol. The van der Waals surface area contributed by atoms with Crippen LogP contribution in [-0.4, -0.2) is 18.3 Å². The van der Waals surface area contributed by atoms with E-state index in [2.05, 4.69) is 34.2 Å². The average Bonchev–Trinajstić information content (AvgIpc) is 2.77. The number of nitrogens with one attached hydrogen (secondary N) is 1. The Morgan fingerprint density at radius 3 is 3.11 bits per heavy atom. The Labute approximate surface area is 128 Å². The summed E-state index contributed by atoms with van der Waals surface area (Å²) in [4.78, 5) is 1.55. The largest absolute Gasteiger partial charge is 0.396 e. The molecule has 0 saturated heterocycles. The van der Waals surface area contributed by atoms with Gasteiger partial charge in [-0.3, -0.25) is 0 Å². The van der Waals surface area contributed by atoms with E-state index < -0.39 is 0 Å². The molecule has 0 bridgehead atoms. The first-order valence-electron chi connectivity index (χ1n) is 7.37. The molecule has 1 aromatic heterocycles. The molecular formula is C15H24BrNOS. The molecule has 4 heteroatoms. The molecule has 0 fully saturated rings. The van der Waals surface area contributed by atoms with Crippen LogP contribution in [0.25, 0.3) is 0 Å². The molecule has 1 aliphatic rings. The Hall–Kier alpha value is 0.100. The van der Waals surface area contributed by atoms with Crippen molar-refractivity contribution in [3.63, 3.8) is 0 Å². The van der Waals surface area contributed by atoms with Crippen LogP contribution in [0.15, 0.2) is 9.85 Å². The van der Waals surface area contributed by atoms with Crippen molar-refractivity contribution in [3.05, 3.63) is 20.3 Å². The smallest absolute Gasteiger partial charge is 0.0704 e. The first kappa shape index (κ1) is 15.5. The molecule has 0 aromatic carbocycles. The summed E-state index contributed by atoms with van der Waals surface area (Å²) in [5, 5.41) is 12.9. The van der Waals surface area contributed by atoms with E-state index >= 15 is 0 Å². The summed E-state index contributed by atoms with van der Waals surface area (Å²) in [7, 11) is 0. The molecule has 2 unspecified atom stereocenters. The van der Waals surface area contributed by atoms with Crippen molar-refractivity contribution in [2.24, 2.45) is 5.92 Å². The lowest BCUT2D eigenvalue weighted by Gasteiger charge is -2.26. The lowest BCUT2D eigenvalue weighted by atomic mass is 9.92. The number of aliphatic hydroxyl groups excluding tert-OH is 1. The van der Waals surface area contributed by atoms with Gasteiger partial charge >= 0.3 is 0 Å². The summed E-state index contributed by atoms with van der Waals surface area (Å²) in [6.45, 7) is 3.57. The standard InChI is InChI=1S/C15H24BrNOS/c1-2-4-11(7-8-18)10-17-13-5-3-6-14-12(13)9-15(16)19-14/h9,11,13,17-18H,2-8,10H2,1H3. The van der Waals surface area contributed by atoms with Gasteiger partial charge in [-0.05, 0) is 72.1 Å². The van der Waals surface area contributed by atoms with Gasteiger partial charge in [-0.25, -0.2) is 0 Å². The molecule has 2 rings (SSSR count). The summed E-state index contributed by atoms with van der Waals surface area (Å²) in [5.74, 6) is 0.613.